The van der Waals surface area contributed by atoms with Crippen LogP contribution in [0.2, 0.25) is 5.02 Å². The van der Waals surface area contributed by atoms with E-state index in [4.69, 9.17) is 16.3 Å². The van der Waals surface area contributed by atoms with Crippen LogP contribution in [-0.4, -0.2) is 51.4 Å². The topological polar surface area (TPSA) is 96.0 Å². The molecule has 1 unspecified atom stereocenters. The second-order valence-electron chi connectivity index (χ2n) is 10.5. The van der Waals surface area contributed by atoms with E-state index in [2.05, 4.69) is 5.32 Å². The second-order valence-corrected chi connectivity index (χ2v) is 12.8. The molecule has 10 heteroatoms. The van der Waals surface area contributed by atoms with Gasteiger partial charge in [0.25, 0.3) is 10.0 Å². The van der Waals surface area contributed by atoms with Gasteiger partial charge in [-0.1, -0.05) is 61.3 Å². The number of amides is 2. The number of carbonyl (C=O) groups is 2. The van der Waals surface area contributed by atoms with Crippen LogP contribution in [0.25, 0.3) is 0 Å². The molecule has 0 heterocycles. The third kappa shape index (κ3) is 8.24. The van der Waals surface area contributed by atoms with Crippen LogP contribution < -0.4 is 14.4 Å². The van der Waals surface area contributed by atoms with Crippen molar-refractivity contribution in [2.24, 2.45) is 5.92 Å². The van der Waals surface area contributed by atoms with Gasteiger partial charge >= 0.3 is 0 Å². The Kier molecular flexibility index (Phi) is 10.8. The average molecular weight is 600 g/mol. The summed E-state index contributed by atoms with van der Waals surface area (Å²) in [5.74, 6) is -0.366. The van der Waals surface area contributed by atoms with Gasteiger partial charge in [0, 0.05) is 18.1 Å². The van der Waals surface area contributed by atoms with E-state index in [-0.39, 0.29) is 29.0 Å². The van der Waals surface area contributed by atoms with Crippen molar-refractivity contribution in [2.45, 2.75) is 52.1 Å². The zero-order valence-electron chi connectivity index (χ0n) is 24.3. The van der Waals surface area contributed by atoms with Crippen LogP contribution in [0.1, 0.15) is 37.5 Å². The van der Waals surface area contributed by atoms with Gasteiger partial charge in [0.05, 0.1) is 17.7 Å². The molecule has 0 saturated heterocycles. The lowest BCUT2D eigenvalue weighted by molar-refractivity contribution is -0.139. The van der Waals surface area contributed by atoms with E-state index in [0.29, 0.717) is 17.3 Å². The lowest BCUT2D eigenvalue weighted by Crippen LogP contribution is -2.51. The fourth-order valence-electron chi connectivity index (χ4n) is 4.17. The molecule has 0 aromatic heterocycles. The minimum absolute atomic E-state index is 0.0337. The van der Waals surface area contributed by atoms with Gasteiger partial charge in [-0.05, 0) is 74.2 Å². The Morgan fingerprint density at radius 1 is 0.927 bits per heavy atom. The van der Waals surface area contributed by atoms with E-state index < -0.39 is 28.5 Å². The highest BCUT2D eigenvalue weighted by molar-refractivity contribution is 7.92. The van der Waals surface area contributed by atoms with E-state index >= 15 is 0 Å². The van der Waals surface area contributed by atoms with Crippen molar-refractivity contribution in [3.63, 3.8) is 0 Å². The van der Waals surface area contributed by atoms with Gasteiger partial charge in [0.1, 0.15) is 18.3 Å². The molecular weight excluding hydrogens is 562 g/mol. The van der Waals surface area contributed by atoms with E-state index in [1.54, 1.807) is 61.5 Å². The number of methoxy groups -OCH3 is 1. The molecular formula is C31H38ClN3O5S. The van der Waals surface area contributed by atoms with Crippen LogP contribution in [-0.2, 0) is 26.2 Å². The molecule has 0 radical (unpaired) electrons. The van der Waals surface area contributed by atoms with E-state index in [0.717, 1.165) is 21.0 Å². The van der Waals surface area contributed by atoms with Crippen LogP contribution in [0.15, 0.2) is 71.6 Å². The summed E-state index contributed by atoms with van der Waals surface area (Å²) in [6, 6.07) is 17.6. The molecule has 1 atom stereocenters. The maximum absolute atomic E-state index is 14.1. The van der Waals surface area contributed by atoms with Crippen LogP contribution in [0, 0.1) is 19.8 Å². The SMILES string of the molecule is COc1ccc(C)cc1N(CC(=O)N(Cc1ccc(Cl)cc1)C(C)C(=O)NCC(C)C)S(=O)(=O)c1ccc(C)cc1. The fraction of sp³-hybridized carbons (Fsp3) is 0.355. The van der Waals surface area contributed by atoms with Crippen molar-refractivity contribution in [2.75, 3.05) is 24.5 Å². The van der Waals surface area contributed by atoms with Gasteiger partial charge in [-0.25, -0.2) is 8.42 Å². The molecule has 3 aromatic carbocycles. The van der Waals surface area contributed by atoms with Crippen molar-refractivity contribution in [3.8, 4) is 5.75 Å². The first-order chi connectivity index (χ1) is 19.3. The molecule has 3 rings (SSSR count). The number of rotatable bonds is 12. The molecule has 8 nitrogen and oxygen atoms in total. The second kappa shape index (κ2) is 13.9. The molecule has 3 aromatic rings. The summed E-state index contributed by atoms with van der Waals surface area (Å²) in [5, 5.41) is 3.42. The fourth-order valence-corrected chi connectivity index (χ4v) is 5.71. The predicted molar refractivity (Wildman–Crippen MR) is 163 cm³/mol. The lowest BCUT2D eigenvalue weighted by atomic mass is 10.1. The van der Waals surface area contributed by atoms with Crippen LogP contribution >= 0.6 is 11.6 Å². The first-order valence-electron chi connectivity index (χ1n) is 13.4. The van der Waals surface area contributed by atoms with Gasteiger partial charge in [-0.15, -0.1) is 0 Å². The quantitative estimate of drug-likeness (QED) is 0.303. The van der Waals surface area contributed by atoms with Crippen LogP contribution in [0.3, 0.4) is 0 Å². The molecule has 0 aliphatic carbocycles. The Morgan fingerprint density at radius 2 is 1.54 bits per heavy atom. The smallest absolute Gasteiger partial charge is 0.264 e. The first kappa shape index (κ1) is 32.0. The lowest BCUT2D eigenvalue weighted by Gasteiger charge is -2.32. The molecule has 0 spiro atoms. The molecule has 1 N–H and O–H groups in total. The molecule has 0 fully saturated rings. The largest absolute Gasteiger partial charge is 0.495 e. The molecule has 0 aliphatic heterocycles. The molecule has 220 valence electrons. The maximum atomic E-state index is 14.1. The molecule has 0 bridgehead atoms. The Hall–Kier alpha value is -3.56. The van der Waals surface area contributed by atoms with Crippen LogP contribution in [0.5, 0.6) is 5.75 Å². The highest BCUT2D eigenvalue weighted by Gasteiger charge is 2.34. The highest BCUT2D eigenvalue weighted by Crippen LogP contribution is 2.34. The number of nitrogens with zero attached hydrogens (tertiary/aromatic N) is 2. The summed E-state index contributed by atoms with van der Waals surface area (Å²) in [5.41, 5.74) is 2.66. The summed E-state index contributed by atoms with van der Waals surface area (Å²) in [6.45, 7) is 9.25. The van der Waals surface area contributed by atoms with Gasteiger partial charge in [-0.2, -0.15) is 0 Å². The normalized spacial score (nSPS) is 12.1. The zero-order chi connectivity index (χ0) is 30.3. The number of anilines is 1. The number of hydrogen-bond donors (Lipinski definition) is 1. The van der Waals surface area contributed by atoms with Crippen molar-refractivity contribution >= 4 is 39.1 Å². The Bertz CT molecular complexity index is 1460. The van der Waals surface area contributed by atoms with Crippen molar-refractivity contribution < 1.29 is 22.7 Å². The van der Waals surface area contributed by atoms with Crippen LogP contribution in [0.4, 0.5) is 5.69 Å². The maximum Gasteiger partial charge on any atom is 0.264 e. The number of nitrogens with one attached hydrogen (secondary N) is 1. The number of halogens is 1. The number of hydrogen-bond acceptors (Lipinski definition) is 5. The predicted octanol–water partition coefficient (Wildman–Crippen LogP) is 5.35. The van der Waals surface area contributed by atoms with E-state index in [1.807, 2.05) is 27.7 Å². The molecule has 41 heavy (non-hydrogen) atoms. The minimum Gasteiger partial charge on any atom is -0.495 e. The number of benzene rings is 3. The summed E-state index contributed by atoms with van der Waals surface area (Å²) < 4.78 is 34.7. The zero-order valence-corrected chi connectivity index (χ0v) is 25.9. The van der Waals surface area contributed by atoms with Gasteiger partial charge in [0.2, 0.25) is 11.8 Å². The molecule has 0 aliphatic rings. The van der Waals surface area contributed by atoms with Gasteiger partial charge in [0.15, 0.2) is 0 Å². The number of aryl methyl sites for hydroxylation is 2. The highest BCUT2D eigenvalue weighted by atomic mass is 35.5. The third-order valence-electron chi connectivity index (χ3n) is 6.61. The standard InChI is InChI=1S/C31H38ClN3O5S/c1-21(2)18-33-31(37)24(5)34(19-25-10-12-26(32)13-11-25)30(36)20-35(28-17-23(4)9-16-29(28)40-6)41(38,39)27-14-7-22(3)8-15-27/h7-17,21,24H,18-20H2,1-6H3,(H,33,37). The Balaban J connectivity index is 2.08. The summed E-state index contributed by atoms with van der Waals surface area (Å²) in [6.07, 6.45) is 0. The number of carbonyl (C=O) groups excluding carboxylic acids is 2. The van der Waals surface area contributed by atoms with Gasteiger partial charge in [-0.3, -0.25) is 13.9 Å². The van der Waals surface area contributed by atoms with Crippen molar-refractivity contribution in [1.29, 1.82) is 0 Å². The van der Waals surface area contributed by atoms with Crippen molar-refractivity contribution in [3.05, 3.63) is 88.4 Å². The van der Waals surface area contributed by atoms with E-state index in [1.165, 1.54) is 24.1 Å². The number of ether oxygens (including phenoxy) is 1. The summed E-state index contributed by atoms with van der Waals surface area (Å²) in [4.78, 5) is 28.6. The minimum atomic E-state index is -4.21. The summed E-state index contributed by atoms with van der Waals surface area (Å²) >= 11 is 6.06. The Labute approximate surface area is 248 Å². The third-order valence-corrected chi connectivity index (χ3v) is 8.63. The number of sulfonamides is 1. The average Bonchev–Trinajstić information content (AvgIpc) is 2.93. The summed E-state index contributed by atoms with van der Waals surface area (Å²) in [7, 11) is -2.76. The first-order valence-corrected chi connectivity index (χ1v) is 15.2. The Morgan fingerprint density at radius 3 is 2.12 bits per heavy atom. The molecule has 2 amide bonds. The molecule has 0 saturated carbocycles. The monoisotopic (exact) mass is 599 g/mol. The van der Waals surface area contributed by atoms with Crippen molar-refractivity contribution in [1.82, 2.24) is 10.2 Å². The van der Waals surface area contributed by atoms with Gasteiger partial charge < -0.3 is 15.0 Å². The van der Waals surface area contributed by atoms with E-state index in [9.17, 15) is 18.0 Å².